The highest BCUT2D eigenvalue weighted by molar-refractivity contribution is 8.19. The van der Waals surface area contributed by atoms with Gasteiger partial charge in [0.1, 0.15) is 5.75 Å². The summed E-state index contributed by atoms with van der Waals surface area (Å²) < 4.78 is 0.272. The van der Waals surface area contributed by atoms with E-state index in [1.54, 1.807) is 29.6 Å². The summed E-state index contributed by atoms with van der Waals surface area (Å²) in [4.78, 5) is 0. The summed E-state index contributed by atoms with van der Waals surface area (Å²) in [5, 5.41) is 19.0. The third-order valence-electron chi connectivity index (χ3n) is 2.14. The van der Waals surface area contributed by atoms with Gasteiger partial charge < -0.3 is 10.2 Å². The summed E-state index contributed by atoms with van der Waals surface area (Å²) in [6, 6.07) is 7.41. The van der Waals surface area contributed by atoms with Crippen LogP contribution in [0.4, 0.5) is 0 Å². The van der Waals surface area contributed by atoms with Gasteiger partial charge in [-0.05, 0) is 6.07 Å². The van der Waals surface area contributed by atoms with Crippen LogP contribution in [0.15, 0.2) is 24.3 Å². The Morgan fingerprint density at radius 3 is 2.79 bits per heavy atom. The maximum atomic E-state index is 9.64. The second-order valence-corrected chi connectivity index (χ2v) is 6.01. The van der Waals surface area contributed by atoms with Crippen molar-refractivity contribution in [2.24, 2.45) is 0 Å². The minimum absolute atomic E-state index is 0.224. The van der Waals surface area contributed by atoms with Gasteiger partial charge in [-0.25, -0.2) is 0 Å². The maximum absolute atomic E-state index is 9.64. The number of benzene rings is 1. The van der Waals surface area contributed by atoms with E-state index < -0.39 is 0 Å². The van der Waals surface area contributed by atoms with Gasteiger partial charge in [-0.3, -0.25) is 0 Å². The number of hydrogen-bond donors (Lipinski definition) is 2. The summed E-state index contributed by atoms with van der Waals surface area (Å²) in [7, 11) is 0. The van der Waals surface area contributed by atoms with E-state index in [0.29, 0.717) is 11.0 Å². The Morgan fingerprint density at radius 2 is 2.14 bits per heavy atom. The molecule has 0 aromatic heterocycles. The Morgan fingerprint density at radius 1 is 1.36 bits per heavy atom. The van der Waals surface area contributed by atoms with Gasteiger partial charge in [-0.2, -0.15) is 0 Å². The fourth-order valence-corrected chi connectivity index (χ4v) is 4.62. The molecule has 1 fully saturated rings. The van der Waals surface area contributed by atoms with E-state index in [9.17, 15) is 5.11 Å². The summed E-state index contributed by atoms with van der Waals surface area (Å²) in [6.45, 7) is 0.224. The van der Waals surface area contributed by atoms with Crippen molar-refractivity contribution >= 4 is 23.5 Å². The molecule has 1 aliphatic rings. The van der Waals surface area contributed by atoms with E-state index in [1.807, 2.05) is 18.2 Å². The minimum Gasteiger partial charge on any atom is -0.508 e. The molecule has 14 heavy (non-hydrogen) atoms. The lowest BCUT2D eigenvalue weighted by Gasteiger charge is -2.10. The highest BCUT2D eigenvalue weighted by Gasteiger charge is 2.27. The molecule has 1 heterocycles. The van der Waals surface area contributed by atoms with Gasteiger partial charge in [0.2, 0.25) is 0 Å². The molecule has 4 heteroatoms. The number of aromatic hydroxyl groups is 1. The number of aliphatic hydroxyl groups is 1. The molecule has 0 bridgehead atoms. The molecule has 2 atom stereocenters. The highest BCUT2D eigenvalue weighted by atomic mass is 32.2. The molecule has 2 rings (SSSR count). The summed E-state index contributed by atoms with van der Waals surface area (Å²) in [5.74, 6) is 1.32. The number of phenols is 1. The third-order valence-corrected chi connectivity index (χ3v) is 5.45. The summed E-state index contributed by atoms with van der Waals surface area (Å²) >= 11 is 3.52. The molecule has 0 saturated carbocycles. The minimum atomic E-state index is 0.224. The van der Waals surface area contributed by atoms with Gasteiger partial charge in [0.25, 0.3) is 0 Å². The van der Waals surface area contributed by atoms with Crippen LogP contribution >= 0.6 is 23.5 Å². The van der Waals surface area contributed by atoms with Crippen LogP contribution in [0, 0.1) is 0 Å². The quantitative estimate of drug-likeness (QED) is 0.814. The van der Waals surface area contributed by atoms with Crippen molar-refractivity contribution in [3.63, 3.8) is 0 Å². The number of para-hydroxylation sites is 1. The van der Waals surface area contributed by atoms with Crippen LogP contribution in [0.2, 0.25) is 0 Å². The maximum Gasteiger partial charge on any atom is 0.120 e. The van der Waals surface area contributed by atoms with Gasteiger partial charge in [-0.15, -0.1) is 23.5 Å². The van der Waals surface area contributed by atoms with Crippen LogP contribution in [0.25, 0.3) is 0 Å². The van der Waals surface area contributed by atoms with Crippen LogP contribution in [0.3, 0.4) is 0 Å². The van der Waals surface area contributed by atoms with E-state index in [-0.39, 0.29) is 11.2 Å². The first-order valence-corrected chi connectivity index (χ1v) is 6.46. The number of rotatable bonds is 2. The van der Waals surface area contributed by atoms with Crippen LogP contribution in [0.5, 0.6) is 5.75 Å². The largest absolute Gasteiger partial charge is 0.508 e. The standard InChI is InChI=1S/C10H12O2S2/c11-5-7-6-13-10(14-7)8-3-1-2-4-9(8)12/h1-4,7,10-12H,5-6H2. The second-order valence-electron chi connectivity index (χ2n) is 3.16. The molecule has 76 valence electrons. The lowest BCUT2D eigenvalue weighted by Crippen LogP contribution is -2.05. The second kappa shape index (κ2) is 4.47. The molecule has 2 nitrogen and oxygen atoms in total. The Balaban J connectivity index is 2.13. The van der Waals surface area contributed by atoms with E-state index in [1.165, 1.54) is 0 Å². The molecule has 1 aliphatic heterocycles. The molecule has 2 unspecified atom stereocenters. The Bertz CT molecular complexity index is 317. The van der Waals surface area contributed by atoms with Crippen LogP contribution in [-0.2, 0) is 0 Å². The number of aliphatic hydroxyl groups excluding tert-OH is 1. The van der Waals surface area contributed by atoms with E-state index in [0.717, 1.165) is 11.3 Å². The van der Waals surface area contributed by atoms with Gasteiger partial charge in [0.05, 0.1) is 11.2 Å². The number of phenolic OH excluding ortho intramolecular Hbond substituents is 1. The molecule has 0 aliphatic carbocycles. The van der Waals surface area contributed by atoms with Crippen LogP contribution in [-0.4, -0.2) is 27.8 Å². The number of thioether (sulfide) groups is 2. The zero-order chi connectivity index (χ0) is 9.97. The van der Waals surface area contributed by atoms with E-state index in [2.05, 4.69) is 0 Å². The molecule has 2 N–H and O–H groups in total. The predicted molar refractivity (Wildman–Crippen MR) is 61.8 cm³/mol. The average molecular weight is 228 g/mol. The smallest absolute Gasteiger partial charge is 0.120 e. The topological polar surface area (TPSA) is 40.5 Å². The van der Waals surface area contributed by atoms with Crippen molar-refractivity contribution in [2.45, 2.75) is 9.83 Å². The normalized spacial score (nSPS) is 26.6. The molecule has 0 amide bonds. The zero-order valence-electron chi connectivity index (χ0n) is 7.59. The van der Waals surface area contributed by atoms with E-state index >= 15 is 0 Å². The number of hydrogen-bond acceptors (Lipinski definition) is 4. The van der Waals surface area contributed by atoms with E-state index in [4.69, 9.17) is 5.11 Å². The highest BCUT2D eigenvalue weighted by Crippen LogP contribution is 2.51. The van der Waals surface area contributed by atoms with Crippen LogP contribution in [0.1, 0.15) is 10.1 Å². The van der Waals surface area contributed by atoms with Gasteiger partial charge in [0.15, 0.2) is 0 Å². The van der Waals surface area contributed by atoms with Crippen molar-refractivity contribution in [1.82, 2.24) is 0 Å². The summed E-state index contributed by atoms with van der Waals surface area (Å²) in [6.07, 6.45) is 0. The molecule has 1 aromatic rings. The lowest BCUT2D eigenvalue weighted by atomic mass is 10.2. The fraction of sp³-hybridized carbons (Fsp3) is 0.400. The Labute approximate surface area is 91.7 Å². The lowest BCUT2D eigenvalue weighted by molar-refractivity contribution is 0.301. The monoisotopic (exact) mass is 228 g/mol. The van der Waals surface area contributed by atoms with Crippen molar-refractivity contribution in [1.29, 1.82) is 0 Å². The molecule has 1 aromatic carbocycles. The van der Waals surface area contributed by atoms with Crippen molar-refractivity contribution in [2.75, 3.05) is 12.4 Å². The molecular weight excluding hydrogens is 216 g/mol. The van der Waals surface area contributed by atoms with Crippen LogP contribution < -0.4 is 0 Å². The van der Waals surface area contributed by atoms with Gasteiger partial charge in [-0.1, -0.05) is 18.2 Å². The zero-order valence-corrected chi connectivity index (χ0v) is 9.22. The SMILES string of the molecule is OCC1CSC(c2ccccc2O)S1. The summed E-state index contributed by atoms with van der Waals surface area (Å²) in [5.41, 5.74) is 0.971. The first-order valence-electron chi connectivity index (χ1n) is 4.47. The van der Waals surface area contributed by atoms with Gasteiger partial charge >= 0.3 is 0 Å². The van der Waals surface area contributed by atoms with Crippen molar-refractivity contribution in [3.05, 3.63) is 29.8 Å². The first kappa shape index (κ1) is 10.2. The molecule has 0 radical (unpaired) electrons. The predicted octanol–water partition coefficient (Wildman–Crippen LogP) is 2.23. The molecule has 1 saturated heterocycles. The third kappa shape index (κ3) is 2.02. The first-order chi connectivity index (χ1) is 6.81. The fourth-order valence-electron chi connectivity index (χ4n) is 1.39. The Kier molecular flexibility index (Phi) is 3.26. The Hall–Kier alpha value is -0.320. The van der Waals surface area contributed by atoms with Crippen molar-refractivity contribution in [3.8, 4) is 5.75 Å². The molecular formula is C10H12O2S2. The van der Waals surface area contributed by atoms with Crippen molar-refractivity contribution < 1.29 is 10.2 Å². The molecule has 0 spiro atoms. The average Bonchev–Trinajstić information content (AvgIpc) is 2.67. The van der Waals surface area contributed by atoms with Gasteiger partial charge in [0, 0.05) is 16.6 Å².